The number of carbonyl (C=O) groups excluding carboxylic acids is 1. The van der Waals surface area contributed by atoms with Crippen molar-refractivity contribution < 1.29 is 19.4 Å². The van der Waals surface area contributed by atoms with Crippen molar-refractivity contribution in [2.24, 2.45) is 0 Å². The first-order valence-electron chi connectivity index (χ1n) is 11.4. The van der Waals surface area contributed by atoms with Crippen LogP contribution < -0.4 is 14.8 Å². The molecule has 0 unspecified atom stereocenters. The molecule has 3 aromatic rings. The van der Waals surface area contributed by atoms with Crippen molar-refractivity contribution in [2.45, 2.75) is 27.7 Å². The van der Waals surface area contributed by atoms with Crippen LogP contribution in [0.2, 0.25) is 5.02 Å². The highest BCUT2D eigenvalue weighted by Gasteiger charge is 2.19. The zero-order chi connectivity index (χ0) is 26.9. The van der Waals surface area contributed by atoms with Gasteiger partial charge in [0.05, 0.1) is 19.3 Å². The van der Waals surface area contributed by atoms with Crippen molar-refractivity contribution in [3.8, 4) is 22.1 Å². The van der Waals surface area contributed by atoms with E-state index in [9.17, 15) is 9.90 Å². The molecule has 1 aromatic carbocycles. The SMILES string of the molecule is C/C=C(\C=C/C(COc1nnc(NC(=O)c2cnc(C)cc2-c2cc(Cl)ccc2OC)s1)=C(C)C)CO. The lowest BCUT2D eigenvalue weighted by Gasteiger charge is -2.13. The summed E-state index contributed by atoms with van der Waals surface area (Å²) >= 11 is 7.34. The van der Waals surface area contributed by atoms with Gasteiger partial charge in [-0.3, -0.25) is 15.1 Å². The highest BCUT2D eigenvalue weighted by Crippen LogP contribution is 2.35. The molecule has 0 spiro atoms. The van der Waals surface area contributed by atoms with Gasteiger partial charge in [-0.2, -0.15) is 0 Å². The summed E-state index contributed by atoms with van der Waals surface area (Å²) in [5.74, 6) is 0.184. The number of hydrogen-bond donors (Lipinski definition) is 2. The quantitative estimate of drug-likeness (QED) is 0.302. The highest BCUT2D eigenvalue weighted by atomic mass is 35.5. The number of carbonyl (C=O) groups is 1. The fourth-order valence-electron chi connectivity index (χ4n) is 3.28. The van der Waals surface area contributed by atoms with E-state index in [1.807, 2.05) is 52.0 Å². The van der Waals surface area contributed by atoms with Gasteiger partial charge in [-0.15, -0.1) is 5.10 Å². The third-order valence-corrected chi connectivity index (χ3v) is 6.40. The molecule has 0 radical (unpaired) electrons. The van der Waals surface area contributed by atoms with Gasteiger partial charge in [-0.1, -0.05) is 40.5 Å². The van der Waals surface area contributed by atoms with E-state index in [4.69, 9.17) is 21.1 Å². The molecule has 2 aromatic heterocycles. The Morgan fingerprint density at radius 3 is 2.65 bits per heavy atom. The Morgan fingerprint density at radius 2 is 1.97 bits per heavy atom. The number of pyridine rings is 1. The fraction of sp³-hybridized carbons (Fsp3) is 0.259. The van der Waals surface area contributed by atoms with Crippen molar-refractivity contribution in [1.82, 2.24) is 15.2 Å². The summed E-state index contributed by atoms with van der Waals surface area (Å²) in [4.78, 5) is 17.5. The first-order chi connectivity index (χ1) is 17.7. The maximum Gasteiger partial charge on any atom is 0.296 e. The van der Waals surface area contributed by atoms with Crippen LogP contribution in [0.4, 0.5) is 5.13 Å². The maximum absolute atomic E-state index is 13.2. The Morgan fingerprint density at radius 1 is 1.19 bits per heavy atom. The third-order valence-electron chi connectivity index (χ3n) is 5.41. The normalized spacial score (nSPS) is 11.5. The average molecular weight is 541 g/mol. The number of methoxy groups -OCH3 is 1. The van der Waals surface area contributed by atoms with Crippen LogP contribution in [0.5, 0.6) is 10.9 Å². The molecule has 0 fully saturated rings. The van der Waals surface area contributed by atoms with Crippen LogP contribution >= 0.6 is 22.9 Å². The summed E-state index contributed by atoms with van der Waals surface area (Å²) in [6.07, 6.45) is 7.11. The molecule has 37 heavy (non-hydrogen) atoms. The van der Waals surface area contributed by atoms with E-state index in [2.05, 4.69) is 20.5 Å². The lowest BCUT2D eigenvalue weighted by atomic mass is 9.99. The number of aryl methyl sites for hydroxylation is 1. The predicted molar refractivity (Wildman–Crippen MR) is 148 cm³/mol. The van der Waals surface area contributed by atoms with Crippen LogP contribution in [0.3, 0.4) is 0 Å². The zero-order valence-electron chi connectivity index (χ0n) is 21.3. The minimum Gasteiger partial charge on any atom is -0.496 e. The van der Waals surface area contributed by atoms with Crippen molar-refractivity contribution >= 4 is 34.0 Å². The molecule has 10 heteroatoms. The summed E-state index contributed by atoms with van der Waals surface area (Å²) in [5, 5.41) is 21.3. The van der Waals surface area contributed by atoms with Crippen LogP contribution in [-0.4, -0.2) is 46.5 Å². The summed E-state index contributed by atoms with van der Waals surface area (Å²) in [5.41, 5.74) is 5.21. The number of aliphatic hydroxyl groups is 1. The standard InChI is InChI=1S/C27H29ClN4O4S/c1-6-18(14-33)7-8-19(16(2)3)15-36-27-32-31-26(37-27)30-25(34)23-13-29-17(4)11-21(23)22-12-20(28)9-10-24(22)35-5/h6-13,33H,14-15H2,1-5H3,(H,30,31,34)/b8-7-,18-6+. The van der Waals surface area contributed by atoms with Gasteiger partial charge in [0.15, 0.2) is 0 Å². The topological polar surface area (TPSA) is 106 Å². The Hall–Kier alpha value is -3.53. The molecule has 8 nitrogen and oxygen atoms in total. The van der Waals surface area contributed by atoms with Crippen LogP contribution in [0.1, 0.15) is 36.8 Å². The molecule has 0 atom stereocenters. The first-order valence-corrected chi connectivity index (χ1v) is 12.6. The van der Waals surface area contributed by atoms with Crippen molar-refractivity contribution in [3.63, 3.8) is 0 Å². The van der Waals surface area contributed by atoms with Gasteiger partial charge in [0.2, 0.25) is 5.13 Å². The molecule has 0 aliphatic carbocycles. The number of ether oxygens (including phenoxy) is 2. The summed E-state index contributed by atoms with van der Waals surface area (Å²) in [7, 11) is 1.56. The van der Waals surface area contributed by atoms with E-state index in [-0.39, 0.29) is 18.3 Å². The number of allylic oxidation sites excluding steroid dienone is 2. The first kappa shape index (κ1) is 28.0. The molecule has 0 saturated heterocycles. The van der Waals surface area contributed by atoms with E-state index >= 15 is 0 Å². The van der Waals surface area contributed by atoms with Crippen LogP contribution in [0, 0.1) is 6.92 Å². The van der Waals surface area contributed by atoms with Gasteiger partial charge in [0.25, 0.3) is 11.1 Å². The summed E-state index contributed by atoms with van der Waals surface area (Å²) < 4.78 is 11.3. The lowest BCUT2D eigenvalue weighted by molar-refractivity contribution is 0.102. The van der Waals surface area contributed by atoms with Gasteiger partial charge < -0.3 is 14.6 Å². The number of halogens is 1. The highest BCUT2D eigenvalue weighted by molar-refractivity contribution is 7.17. The van der Waals surface area contributed by atoms with Gasteiger partial charge in [-0.05, 0) is 74.4 Å². The molecule has 3 rings (SSSR count). The molecule has 0 saturated carbocycles. The second-order valence-electron chi connectivity index (χ2n) is 8.21. The number of anilines is 1. The second kappa shape index (κ2) is 13.1. The monoisotopic (exact) mass is 540 g/mol. The van der Waals surface area contributed by atoms with Gasteiger partial charge >= 0.3 is 0 Å². The minimum atomic E-state index is -0.400. The number of aliphatic hydroxyl groups excluding tert-OH is 1. The van der Waals surface area contributed by atoms with E-state index in [1.54, 1.807) is 25.3 Å². The largest absolute Gasteiger partial charge is 0.496 e. The Bertz CT molecular complexity index is 1360. The zero-order valence-corrected chi connectivity index (χ0v) is 22.9. The molecule has 194 valence electrons. The molecular weight excluding hydrogens is 512 g/mol. The minimum absolute atomic E-state index is 0.0360. The lowest BCUT2D eigenvalue weighted by Crippen LogP contribution is -2.14. The molecule has 1 amide bonds. The summed E-state index contributed by atoms with van der Waals surface area (Å²) in [6, 6.07) is 7.03. The smallest absolute Gasteiger partial charge is 0.296 e. The van der Waals surface area contributed by atoms with E-state index in [0.717, 1.165) is 33.8 Å². The van der Waals surface area contributed by atoms with E-state index in [1.165, 1.54) is 6.20 Å². The number of benzene rings is 1. The van der Waals surface area contributed by atoms with Crippen molar-refractivity contribution in [3.05, 3.63) is 81.7 Å². The maximum atomic E-state index is 13.2. The van der Waals surface area contributed by atoms with Crippen LogP contribution in [-0.2, 0) is 0 Å². The van der Waals surface area contributed by atoms with Crippen molar-refractivity contribution in [2.75, 3.05) is 25.6 Å². The van der Waals surface area contributed by atoms with Gasteiger partial charge in [0, 0.05) is 28.0 Å². The number of aromatic nitrogens is 3. The van der Waals surface area contributed by atoms with Crippen LogP contribution in [0.25, 0.3) is 11.1 Å². The van der Waals surface area contributed by atoms with Crippen molar-refractivity contribution in [1.29, 1.82) is 0 Å². The number of amides is 1. The molecule has 0 aliphatic rings. The number of nitrogens with zero attached hydrogens (tertiary/aromatic N) is 3. The predicted octanol–water partition coefficient (Wildman–Crippen LogP) is 6.03. The Balaban J connectivity index is 1.77. The number of hydrogen-bond acceptors (Lipinski definition) is 8. The van der Waals surface area contributed by atoms with E-state index < -0.39 is 5.91 Å². The molecule has 2 N–H and O–H groups in total. The Kier molecular flexibility index (Phi) is 9.96. The average Bonchev–Trinajstić information content (AvgIpc) is 3.32. The number of nitrogens with one attached hydrogen (secondary N) is 1. The molecule has 2 heterocycles. The van der Waals surface area contributed by atoms with E-state index in [0.29, 0.717) is 32.7 Å². The molecule has 0 bridgehead atoms. The Labute approximate surface area is 225 Å². The second-order valence-corrected chi connectivity index (χ2v) is 9.59. The molecule has 0 aliphatic heterocycles. The van der Waals surface area contributed by atoms with Crippen LogP contribution in [0.15, 0.2) is 65.4 Å². The van der Waals surface area contributed by atoms with Gasteiger partial charge in [-0.25, -0.2) is 0 Å². The van der Waals surface area contributed by atoms with Gasteiger partial charge in [0.1, 0.15) is 12.4 Å². The third kappa shape index (κ3) is 7.48. The summed E-state index contributed by atoms with van der Waals surface area (Å²) in [6.45, 7) is 7.90. The fourth-order valence-corrected chi connectivity index (χ4v) is 4.05. The number of rotatable bonds is 10. The molecular formula is C27H29ClN4O4S.